The summed E-state index contributed by atoms with van der Waals surface area (Å²) in [5.41, 5.74) is 1.36. The quantitative estimate of drug-likeness (QED) is 0.819. The average molecular weight is 296 g/mol. The summed E-state index contributed by atoms with van der Waals surface area (Å²) in [6.07, 6.45) is 0. The summed E-state index contributed by atoms with van der Waals surface area (Å²) in [5.74, 6) is 0. The van der Waals surface area contributed by atoms with Crippen molar-refractivity contribution in [3.63, 3.8) is 0 Å². The lowest BCUT2D eigenvalue weighted by molar-refractivity contribution is 0.321. The Bertz CT molecular complexity index is 438. The molecule has 2 rings (SSSR count). The van der Waals surface area contributed by atoms with Gasteiger partial charge in [-0.25, -0.2) is 0 Å². The van der Waals surface area contributed by atoms with E-state index in [-0.39, 0.29) is 0 Å². The number of halogens is 1. The summed E-state index contributed by atoms with van der Waals surface area (Å²) in [7, 11) is 2.15. The molecule has 0 N–H and O–H groups in total. The van der Waals surface area contributed by atoms with Crippen molar-refractivity contribution in [3.05, 3.63) is 56.7 Å². The highest BCUT2D eigenvalue weighted by molar-refractivity contribution is 9.10. The normalized spacial score (nSPS) is 10.9. The van der Waals surface area contributed by atoms with Crippen LogP contribution in [-0.2, 0) is 13.1 Å². The van der Waals surface area contributed by atoms with Gasteiger partial charge in [0.2, 0.25) is 0 Å². The van der Waals surface area contributed by atoms with Crippen molar-refractivity contribution in [3.8, 4) is 0 Å². The molecule has 3 heteroatoms. The molecule has 2 aromatic rings. The highest BCUT2D eigenvalue weighted by atomic mass is 79.9. The maximum atomic E-state index is 3.56. The third-order valence-electron chi connectivity index (χ3n) is 2.40. The van der Waals surface area contributed by atoms with Crippen molar-refractivity contribution in [2.45, 2.75) is 13.1 Å². The Morgan fingerprint density at radius 1 is 1.12 bits per heavy atom. The van der Waals surface area contributed by atoms with E-state index in [1.165, 1.54) is 14.9 Å². The van der Waals surface area contributed by atoms with Gasteiger partial charge in [-0.3, -0.25) is 4.90 Å². The molecule has 1 aromatic carbocycles. The number of rotatable bonds is 4. The van der Waals surface area contributed by atoms with Crippen LogP contribution in [0.5, 0.6) is 0 Å². The van der Waals surface area contributed by atoms with Gasteiger partial charge in [-0.05, 0) is 40.0 Å². The molecule has 0 saturated carbocycles. The fraction of sp³-hybridized carbons (Fsp3) is 0.231. The molecular weight excluding hydrogens is 282 g/mol. The van der Waals surface area contributed by atoms with Crippen LogP contribution in [0.15, 0.2) is 46.3 Å². The number of benzene rings is 1. The molecule has 0 spiro atoms. The average Bonchev–Trinajstić information content (AvgIpc) is 2.66. The van der Waals surface area contributed by atoms with Gasteiger partial charge in [0, 0.05) is 22.4 Å². The number of hydrogen-bond acceptors (Lipinski definition) is 2. The van der Waals surface area contributed by atoms with Crippen molar-refractivity contribution in [1.29, 1.82) is 0 Å². The fourth-order valence-corrected chi connectivity index (χ4v) is 3.19. The SMILES string of the molecule is CN(Cc1ccccc1)Cc1sccc1Br. The third kappa shape index (κ3) is 3.17. The second kappa shape index (κ2) is 5.62. The third-order valence-corrected chi connectivity index (χ3v) is 4.31. The number of thiophene rings is 1. The van der Waals surface area contributed by atoms with Gasteiger partial charge in [0.05, 0.1) is 0 Å². The largest absolute Gasteiger partial charge is 0.297 e. The standard InChI is InChI=1S/C13H14BrNS/c1-15(9-11-5-3-2-4-6-11)10-13-12(14)7-8-16-13/h2-8H,9-10H2,1H3. The molecule has 0 aliphatic heterocycles. The Morgan fingerprint density at radius 2 is 1.88 bits per heavy atom. The van der Waals surface area contributed by atoms with Crippen molar-refractivity contribution in [2.24, 2.45) is 0 Å². The molecule has 1 heterocycles. The van der Waals surface area contributed by atoms with Gasteiger partial charge in [-0.2, -0.15) is 0 Å². The first kappa shape index (κ1) is 11.8. The fourth-order valence-electron chi connectivity index (χ4n) is 1.63. The first-order chi connectivity index (χ1) is 7.75. The van der Waals surface area contributed by atoms with Crippen LogP contribution in [0, 0.1) is 0 Å². The smallest absolute Gasteiger partial charge is 0.0339 e. The predicted octanol–water partition coefficient (Wildman–Crippen LogP) is 4.14. The highest BCUT2D eigenvalue weighted by Gasteiger charge is 2.05. The Kier molecular flexibility index (Phi) is 4.16. The molecule has 0 bridgehead atoms. The lowest BCUT2D eigenvalue weighted by atomic mass is 10.2. The van der Waals surface area contributed by atoms with Crippen LogP contribution < -0.4 is 0 Å². The first-order valence-electron chi connectivity index (χ1n) is 5.20. The zero-order valence-electron chi connectivity index (χ0n) is 9.19. The second-order valence-electron chi connectivity index (χ2n) is 3.85. The van der Waals surface area contributed by atoms with Crippen molar-refractivity contribution >= 4 is 27.3 Å². The van der Waals surface area contributed by atoms with E-state index in [1.54, 1.807) is 11.3 Å². The minimum Gasteiger partial charge on any atom is -0.297 e. The number of hydrogen-bond donors (Lipinski definition) is 0. The molecule has 0 aliphatic carbocycles. The van der Waals surface area contributed by atoms with Gasteiger partial charge in [-0.15, -0.1) is 11.3 Å². The summed E-state index contributed by atoms with van der Waals surface area (Å²) < 4.78 is 1.22. The lowest BCUT2D eigenvalue weighted by Crippen LogP contribution is -2.16. The lowest BCUT2D eigenvalue weighted by Gasteiger charge is -2.15. The van der Waals surface area contributed by atoms with Crippen LogP contribution in [0.1, 0.15) is 10.4 Å². The van der Waals surface area contributed by atoms with E-state index in [0.29, 0.717) is 0 Å². The molecule has 0 unspecified atom stereocenters. The van der Waals surface area contributed by atoms with Crippen LogP contribution in [-0.4, -0.2) is 11.9 Å². The van der Waals surface area contributed by atoms with Crippen LogP contribution in [0.25, 0.3) is 0 Å². The van der Waals surface area contributed by atoms with E-state index >= 15 is 0 Å². The molecule has 16 heavy (non-hydrogen) atoms. The minimum absolute atomic E-state index is 0.991. The van der Waals surface area contributed by atoms with Gasteiger partial charge in [-0.1, -0.05) is 30.3 Å². The maximum Gasteiger partial charge on any atom is 0.0339 e. The molecule has 0 radical (unpaired) electrons. The van der Waals surface area contributed by atoms with E-state index in [0.717, 1.165) is 13.1 Å². The zero-order chi connectivity index (χ0) is 11.4. The zero-order valence-corrected chi connectivity index (χ0v) is 11.6. The Labute approximate surface area is 109 Å². The molecule has 1 nitrogen and oxygen atoms in total. The summed E-state index contributed by atoms with van der Waals surface area (Å²) in [5, 5.41) is 2.12. The van der Waals surface area contributed by atoms with Gasteiger partial charge >= 0.3 is 0 Å². The second-order valence-corrected chi connectivity index (χ2v) is 5.70. The molecule has 84 valence electrons. The maximum absolute atomic E-state index is 3.56. The van der Waals surface area contributed by atoms with Crippen LogP contribution >= 0.6 is 27.3 Å². The Balaban J connectivity index is 1.95. The van der Waals surface area contributed by atoms with Crippen LogP contribution in [0.4, 0.5) is 0 Å². The summed E-state index contributed by atoms with van der Waals surface area (Å²) in [4.78, 5) is 3.71. The van der Waals surface area contributed by atoms with Crippen LogP contribution in [0.3, 0.4) is 0 Å². The van der Waals surface area contributed by atoms with Crippen molar-refractivity contribution < 1.29 is 0 Å². The van der Waals surface area contributed by atoms with Gasteiger partial charge in [0.15, 0.2) is 0 Å². The summed E-state index contributed by atoms with van der Waals surface area (Å²) >= 11 is 5.36. The topological polar surface area (TPSA) is 3.24 Å². The van der Waals surface area contributed by atoms with E-state index in [4.69, 9.17) is 0 Å². The van der Waals surface area contributed by atoms with Gasteiger partial charge < -0.3 is 0 Å². The van der Waals surface area contributed by atoms with E-state index in [2.05, 4.69) is 69.7 Å². The van der Waals surface area contributed by atoms with E-state index < -0.39 is 0 Å². The molecule has 0 amide bonds. The number of nitrogens with zero attached hydrogens (tertiary/aromatic N) is 1. The molecule has 0 saturated heterocycles. The molecule has 1 aromatic heterocycles. The monoisotopic (exact) mass is 295 g/mol. The van der Waals surface area contributed by atoms with Gasteiger partial charge in [0.25, 0.3) is 0 Å². The van der Waals surface area contributed by atoms with E-state index in [9.17, 15) is 0 Å². The Hall–Kier alpha value is -0.640. The predicted molar refractivity (Wildman–Crippen MR) is 73.6 cm³/mol. The minimum atomic E-state index is 0.991. The molecule has 0 fully saturated rings. The Morgan fingerprint density at radius 3 is 2.50 bits per heavy atom. The highest BCUT2D eigenvalue weighted by Crippen LogP contribution is 2.24. The molecule has 0 atom stereocenters. The molecular formula is C13H14BrNS. The van der Waals surface area contributed by atoms with E-state index in [1.807, 2.05) is 0 Å². The first-order valence-corrected chi connectivity index (χ1v) is 6.87. The molecule has 0 aliphatic rings. The van der Waals surface area contributed by atoms with Gasteiger partial charge in [0.1, 0.15) is 0 Å². The summed E-state index contributed by atoms with van der Waals surface area (Å²) in [6, 6.07) is 12.7. The summed E-state index contributed by atoms with van der Waals surface area (Å²) in [6.45, 7) is 1.98. The van der Waals surface area contributed by atoms with Crippen molar-refractivity contribution in [1.82, 2.24) is 4.90 Å². The van der Waals surface area contributed by atoms with Crippen molar-refractivity contribution in [2.75, 3.05) is 7.05 Å². The van der Waals surface area contributed by atoms with Crippen LogP contribution in [0.2, 0.25) is 0 Å².